The summed E-state index contributed by atoms with van der Waals surface area (Å²) in [6, 6.07) is 10.3. The Labute approximate surface area is 156 Å². The molecule has 1 aliphatic rings. The van der Waals surface area contributed by atoms with Gasteiger partial charge in [0.05, 0.1) is 10.6 Å². The molecule has 140 valence electrons. The molecule has 2 aromatic carbocycles. The van der Waals surface area contributed by atoms with Crippen LogP contribution in [0, 0.1) is 5.82 Å². The molecule has 0 aliphatic carbocycles. The number of benzene rings is 2. The summed E-state index contributed by atoms with van der Waals surface area (Å²) in [6.45, 7) is 0.894. The Hall–Kier alpha value is -2.71. The zero-order valence-corrected chi connectivity index (χ0v) is 15.5. The summed E-state index contributed by atoms with van der Waals surface area (Å²) in [5.41, 5.74) is 1.22. The van der Waals surface area contributed by atoms with Crippen LogP contribution in [-0.4, -0.2) is 25.0 Å². The van der Waals surface area contributed by atoms with Crippen LogP contribution in [-0.2, 0) is 23.0 Å². The molecule has 1 aliphatic heterocycles. The second kappa shape index (κ2) is 6.79. The van der Waals surface area contributed by atoms with E-state index in [4.69, 9.17) is 4.74 Å². The molecular weight excluding hydrogens is 369 g/mol. The van der Waals surface area contributed by atoms with E-state index in [0.29, 0.717) is 22.8 Å². The lowest BCUT2D eigenvalue weighted by atomic mass is 10.1. The molecule has 0 radical (unpaired) electrons. The van der Waals surface area contributed by atoms with Gasteiger partial charge >= 0.3 is 0 Å². The number of hydrogen-bond donors (Lipinski definition) is 1. The average molecular weight is 387 g/mol. The highest BCUT2D eigenvalue weighted by Crippen LogP contribution is 2.35. The molecule has 4 rings (SSSR count). The summed E-state index contributed by atoms with van der Waals surface area (Å²) in [5, 5.41) is 0. The number of fused-ring (bicyclic) bond motifs is 1. The summed E-state index contributed by atoms with van der Waals surface area (Å²) in [6.07, 6.45) is 3.85. The number of nitrogens with zero attached hydrogens (tertiary/aromatic N) is 2. The molecule has 0 amide bonds. The molecule has 0 atom stereocenters. The third kappa shape index (κ3) is 3.45. The SMILES string of the molecule is CNS(=O)(=O)c1ccc(Oc2ccc(F)cc2)c(-c2cn3c(n2)CCC3)c1. The molecule has 3 aromatic rings. The largest absolute Gasteiger partial charge is 0.457 e. The fourth-order valence-electron chi connectivity index (χ4n) is 3.10. The number of rotatable bonds is 5. The Morgan fingerprint density at radius 3 is 2.67 bits per heavy atom. The van der Waals surface area contributed by atoms with Crippen LogP contribution in [0.5, 0.6) is 11.5 Å². The second-order valence-corrected chi connectivity index (χ2v) is 8.15. The molecule has 1 N–H and O–H groups in total. The van der Waals surface area contributed by atoms with Crippen molar-refractivity contribution in [2.24, 2.45) is 0 Å². The monoisotopic (exact) mass is 387 g/mol. The van der Waals surface area contributed by atoms with Gasteiger partial charge < -0.3 is 9.30 Å². The zero-order chi connectivity index (χ0) is 19.0. The van der Waals surface area contributed by atoms with Gasteiger partial charge in [-0.3, -0.25) is 0 Å². The lowest BCUT2D eigenvalue weighted by molar-refractivity contribution is 0.481. The number of nitrogens with one attached hydrogen (secondary N) is 1. The van der Waals surface area contributed by atoms with Gasteiger partial charge in [0.25, 0.3) is 0 Å². The molecular formula is C19H18FN3O3S. The Morgan fingerprint density at radius 1 is 1.19 bits per heavy atom. The van der Waals surface area contributed by atoms with E-state index < -0.39 is 10.0 Å². The quantitative estimate of drug-likeness (QED) is 0.729. The Morgan fingerprint density at radius 2 is 1.96 bits per heavy atom. The van der Waals surface area contributed by atoms with Crippen molar-refractivity contribution in [2.45, 2.75) is 24.3 Å². The summed E-state index contributed by atoms with van der Waals surface area (Å²) in [5.74, 6) is 1.52. The Balaban J connectivity index is 1.80. The van der Waals surface area contributed by atoms with E-state index in [1.54, 1.807) is 12.1 Å². The zero-order valence-electron chi connectivity index (χ0n) is 14.6. The molecule has 1 aromatic heterocycles. The maximum absolute atomic E-state index is 13.1. The van der Waals surface area contributed by atoms with Crippen molar-refractivity contribution in [1.82, 2.24) is 14.3 Å². The van der Waals surface area contributed by atoms with Gasteiger partial charge in [-0.1, -0.05) is 0 Å². The number of ether oxygens (including phenoxy) is 1. The van der Waals surface area contributed by atoms with Gasteiger partial charge in [-0.15, -0.1) is 0 Å². The first-order chi connectivity index (χ1) is 13.0. The van der Waals surface area contributed by atoms with Gasteiger partial charge in [-0.05, 0) is 55.9 Å². The number of halogens is 1. The summed E-state index contributed by atoms with van der Waals surface area (Å²) in [4.78, 5) is 4.76. The Kier molecular flexibility index (Phi) is 4.45. The first-order valence-corrected chi connectivity index (χ1v) is 10.0. The van der Waals surface area contributed by atoms with Gasteiger partial charge in [0, 0.05) is 24.7 Å². The van der Waals surface area contributed by atoms with Crippen LogP contribution in [0.2, 0.25) is 0 Å². The van der Waals surface area contributed by atoms with Crippen LogP contribution in [0.3, 0.4) is 0 Å². The van der Waals surface area contributed by atoms with Gasteiger partial charge in [0.15, 0.2) is 0 Å². The van der Waals surface area contributed by atoms with Crippen molar-refractivity contribution in [3.8, 4) is 22.8 Å². The van der Waals surface area contributed by atoms with E-state index in [1.165, 1.54) is 37.4 Å². The second-order valence-electron chi connectivity index (χ2n) is 6.26. The maximum Gasteiger partial charge on any atom is 0.240 e. The first-order valence-electron chi connectivity index (χ1n) is 8.54. The van der Waals surface area contributed by atoms with Gasteiger partial charge in [-0.25, -0.2) is 22.5 Å². The van der Waals surface area contributed by atoms with Gasteiger partial charge in [-0.2, -0.15) is 0 Å². The molecule has 8 heteroatoms. The molecule has 0 bridgehead atoms. The first kappa shape index (κ1) is 17.7. The smallest absolute Gasteiger partial charge is 0.240 e. The predicted octanol–water partition coefficient (Wildman–Crippen LogP) is 3.34. The number of sulfonamides is 1. The highest BCUT2D eigenvalue weighted by molar-refractivity contribution is 7.89. The fourth-order valence-corrected chi connectivity index (χ4v) is 3.85. The van der Waals surface area contributed by atoms with E-state index in [0.717, 1.165) is 25.2 Å². The predicted molar refractivity (Wildman–Crippen MR) is 98.7 cm³/mol. The molecule has 27 heavy (non-hydrogen) atoms. The van der Waals surface area contributed by atoms with E-state index >= 15 is 0 Å². The van der Waals surface area contributed by atoms with Crippen LogP contribution in [0.1, 0.15) is 12.2 Å². The third-order valence-corrected chi connectivity index (χ3v) is 5.92. The minimum atomic E-state index is -3.61. The van der Waals surface area contributed by atoms with Crippen LogP contribution in [0.15, 0.2) is 53.6 Å². The van der Waals surface area contributed by atoms with Gasteiger partial charge in [0.1, 0.15) is 23.1 Å². The number of aryl methyl sites for hydroxylation is 2. The molecule has 2 heterocycles. The summed E-state index contributed by atoms with van der Waals surface area (Å²) < 4.78 is 47.8. The standard InChI is InChI=1S/C19H18FN3O3S/c1-21-27(24,25)15-8-9-18(26-14-6-4-13(20)5-7-14)16(11-15)17-12-23-10-2-3-19(23)22-17/h4-9,11-12,21H,2-3,10H2,1H3. The van der Waals surface area contributed by atoms with Crippen molar-refractivity contribution in [1.29, 1.82) is 0 Å². The van der Waals surface area contributed by atoms with Crippen LogP contribution in [0.4, 0.5) is 4.39 Å². The number of imidazole rings is 1. The van der Waals surface area contributed by atoms with Crippen LogP contribution < -0.4 is 9.46 Å². The normalized spacial score (nSPS) is 13.6. The van der Waals surface area contributed by atoms with E-state index in [1.807, 2.05) is 6.20 Å². The molecule has 0 saturated heterocycles. The molecule has 0 spiro atoms. The topological polar surface area (TPSA) is 73.2 Å². The number of hydrogen-bond acceptors (Lipinski definition) is 4. The fraction of sp³-hybridized carbons (Fsp3) is 0.211. The van der Waals surface area contributed by atoms with E-state index in [9.17, 15) is 12.8 Å². The van der Waals surface area contributed by atoms with Crippen LogP contribution >= 0.6 is 0 Å². The van der Waals surface area contributed by atoms with Crippen molar-refractivity contribution in [2.75, 3.05) is 7.05 Å². The van der Waals surface area contributed by atoms with Crippen molar-refractivity contribution < 1.29 is 17.5 Å². The lowest BCUT2D eigenvalue weighted by Gasteiger charge is -2.12. The molecule has 6 nitrogen and oxygen atoms in total. The minimum Gasteiger partial charge on any atom is -0.457 e. The van der Waals surface area contributed by atoms with Gasteiger partial charge in [0.2, 0.25) is 10.0 Å². The summed E-state index contributed by atoms with van der Waals surface area (Å²) >= 11 is 0. The third-order valence-electron chi connectivity index (χ3n) is 4.51. The molecule has 0 fully saturated rings. The van der Waals surface area contributed by atoms with Crippen molar-refractivity contribution in [3.63, 3.8) is 0 Å². The number of aromatic nitrogens is 2. The molecule has 0 saturated carbocycles. The highest BCUT2D eigenvalue weighted by atomic mass is 32.2. The average Bonchev–Trinajstić information content (AvgIpc) is 3.26. The Bertz CT molecular complexity index is 1070. The minimum absolute atomic E-state index is 0.125. The summed E-state index contributed by atoms with van der Waals surface area (Å²) in [7, 11) is -2.24. The maximum atomic E-state index is 13.1. The van der Waals surface area contributed by atoms with E-state index in [-0.39, 0.29) is 10.7 Å². The van der Waals surface area contributed by atoms with E-state index in [2.05, 4.69) is 14.3 Å². The lowest BCUT2D eigenvalue weighted by Crippen LogP contribution is -2.18. The van der Waals surface area contributed by atoms with Crippen molar-refractivity contribution in [3.05, 3.63) is 60.3 Å². The molecule has 0 unspecified atom stereocenters. The van der Waals surface area contributed by atoms with Crippen molar-refractivity contribution >= 4 is 10.0 Å². The highest BCUT2D eigenvalue weighted by Gasteiger charge is 2.20. The van der Waals surface area contributed by atoms with Crippen LogP contribution in [0.25, 0.3) is 11.3 Å².